The van der Waals surface area contributed by atoms with Crippen molar-refractivity contribution >= 4 is 15.9 Å². The Hall–Kier alpha value is -1.32. The zero-order valence-corrected chi connectivity index (χ0v) is 14.2. The second kappa shape index (κ2) is 8.20. The van der Waals surface area contributed by atoms with E-state index in [1.807, 2.05) is 13.1 Å². The normalized spacial score (nSPS) is 12.1. The molecule has 0 saturated carbocycles. The fourth-order valence-electron chi connectivity index (χ4n) is 2.29. The lowest BCUT2D eigenvalue weighted by Crippen LogP contribution is -2.19. The summed E-state index contributed by atoms with van der Waals surface area (Å²) >= 11 is 3.62. The highest BCUT2D eigenvalue weighted by molar-refractivity contribution is 9.10. The van der Waals surface area contributed by atoms with Crippen LogP contribution in [0, 0.1) is 0 Å². The fourth-order valence-corrected chi connectivity index (χ4v) is 2.73. The van der Waals surface area contributed by atoms with Crippen molar-refractivity contribution in [1.82, 2.24) is 5.32 Å². The van der Waals surface area contributed by atoms with Crippen molar-refractivity contribution in [3.8, 4) is 5.75 Å². The molecule has 0 aliphatic rings. The molecule has 112 valence electrons. The molecule has 0 spiro atoms. The summed E-state index contributed by atoms with van der Waals surface area (Å²) in [6.07, 6.45) is 1.98. The zero-order chi connectivity index (χ0) is 15.1. The molecule has 0 saturated heterocycles. The van der Waals surface area contributed by atoms with Gasteiger partial charge in [-0.2, -0.15) is 0 Å². The lowest BCUT2D eigenvalue weighted by Gasteiger charge is -2.18. The summed E-state index contributed by atoms with van der Waals surface area (Å²) in [5, 5.41) is 3.40. The van der Waals surface area contributed by atoms with Crippen molar-refractivity contribution in [3.63, 3.8) is 0 Å². The molecule has 2 aromatic carbocycles. The molecule has 0 heterocycles. The first-order valence-electron chi connectivity index (χ1n) is 7.38. The van der Waals surface area contributed by atoms with E-state index < -0.39 is 0 Å². The number of hydrogen-bond donors (Lipinski definition) is 1. The van der Waals surface area contributed by atoms with E-state index in [0.29, 0.717) is 6.04 Å². The van der Waals surface area contributed by atoms with Crippen molar-refractivity contribution in [3.05, 3.63) is 64.1 Å². The summed E-state index contributed by atoms with van der Waals surface area (Å²) in [4.78, 5) is 0. The molecule has 0 aliphatic carbocycles. The summed E-state index contributed by atoms with van der Waals surface area (Å²) in [7, 11) is 2.00. The Balaban J connectivity index is 2.08. The monoisotopic (exact) mass is 347 g/mol. The average molecular weight is 348 g/mol. The van der Waals surface area contributed by atoms with Gasteiger partial charge in [-0.15, -0.1) is 0 Å². The second-order valence-corrected chi connectivity index (χ2v) is 5.91. The van der Waals surface area contributed by atoms with Gasteiger partial charge < -0.3 is 10.1 Å². The number of rotatable bonds is 7. The third kappa shape index (κ3) is 4.58. The molecule has 2 nitrogen and oxygen atoms in total. The molecule has 0 amide bonds. The number of halogens is 1. The maximum Gasteiger partial charge on any atom is 0.119 e. The van der Waals surface area contributed by atoms with Crippen LogP contribution in [0.15, 0.2) is 53.0 Å². The summed E-state index contributed by atoms with van der Waals surface area (Å²) in [5.74, 6) is 0.941. The lowest BCUT2D eigenvalue weighted by atomic mass is 9.99. The van der Waals surface area contributed by atoms with Gasteiger partial charge in [0.05, 0.1) is 6.61 Å². The van der Waals surface area contributed by atoms with Gasteiger partial charge >= 0.3 is 0 Å². The standard InChI is InChI=1S/C18H22BrNO/c1-3-12-21-16-10-8-14(9-11-16)18(20-2)13-15-6-4-5-7-17(15)19/h4-11,18,20H,3,12-13H2,1-2H3. The van der Waals surface area contributed by atoms with E-state index in [0.717, 1.165) is 29.7 Å². The number of nitrogens with one attached hydrogen (secondary N) is 1. The van der Waals surface area contributed by atoms with Crippen LogP contribution in [0.2, 0.25) is 0 Å². The maximum atomic E-state index is 5.63. The summed E-state index contributed by atoms with van der Waals surface area (Å²) in [5.41, 5.74) is 2.58. The molecule has 0 aliphatic heterocycles. The van der Waals surface area contributed by atoms with E-state index in [2.05, 4.69) is 70.6 Å². The topological polar surface area (TPSA) is 21.3 Å². The molecular weight excluding hydrogens is 326 g/mol. The maximum absolute atomic E-state index is 5.63. The second-order valence-electron chi connectivity index (χ2n) is 5.05. The van der Waals surface area contributed by atoms with Gasteiger partial charge in [-0.25, -0.2) is 0 Å². The molecule has 1 unspecified atom stereocenters. The predicted molar refractivity (Wildman–Crippen MR) is 91.9 cm³/mol. The van der Waals surface area contributed by atoms with E-state index in [4.69, 9.17) is 4.74 Å². The van der Waals surface area contributed by atoms with Gasteiger partial charge in [0.2, 0.25) is 0 Å². The van der Waals surface area contributed by atoms with Crippen LogP contribution >= 0.6 is 15.9 Å². The third-order valence-corrected chi connectivity index (χ3v) is 4.26. The van der Waals surface area contributed by atoms with Crippen LogP contribution in [-0.2, 0) is 6.42 Å². The van der Waals surface area contributed by atoms with E-state index in [9.17, 15) is 0 Å². The van der Waals surface area contributed by atoms with Gasteiger partial charge in [0.1, 0.15) is 5.75 Å². The number of hydrogen-bond acceptors (Lipinski definition) is 2. The summed E-state index contributed by atoms with van der Waals surface area (Å²) < 4.78 is 6.79. The molecule has 1 atom stereocenters. The molecule has 3 heteroatoms. The molecule has 0 radical (unpaired) electrons. The Morgan fingerprint density at radius 3 is 2.43 bits per heavy atom. The smallest absolute Gasteiger partial charge is 0.119 e. The Kier molecular flexibility index (Phi) is 6.27. The minimum atomic E-state index is 0.295. The quantitative estimate of drug-likeness (QED) is 0.780. The molecular formula is C18H22BrNO. The van der Waals surface area contributed by atoms with Gasteiger partial charge in [0.15, 0.2) is 0 Å². The van der Waals surface area contributed by atoms with Crippen molar-refractivity contribution in [2.75, 3.05) is 13.7 Å². The summed E-state index contributed by atoms with van der Waals surface area (Å²) in [6, 6.07) is 17.0. The Morgan fingerprint density at radius 2 is 1.81 bits per heavy atom. The van der Waals surface area contributed by atoms with Crippen LogP contribution in [0.3, 0.4) is 0 Å². The Labute approximate surface area is 135 Å². The fraction of sp³-hybridized carbons (Fsp3) is 0.333. The van der Waals surface area contributed by atoms with Crippen molar-refractivity contribution in [2.24, 2.45) is 0 Å². The first-order chi connectivity index (χ1) is 10.2. The number of likely N-dealkylation sites (N-methyl/N-ethyl adjacent to an activating group) is 1. The molecule has 21 heavy (non-hydrogen) atoms. The highest BCUT2D eigenvalue weighted by atomic mass is 79.9. The van der Waals surface area contributed by atoms with Gasteiger partial charge in [-0.1, -0.05) is 53.2 Å². The van der Waals surface area contributed by atoms with Crippen LogP contribution in [0.1, 0.15) is 30.5 Å². The number of benzene rings is 2. The average Bonchev–Trinajstić information content (AvgIpc) is 2.53. The van der Waals surface area contributed by atoms with E-state index in [1.165, 1.54) is 11.1 Å². The highest BCUT2D eigenvalue weighted by Crippen LogP contribution is 2.25. The van der Waals surface area contributed by atoms with Crippen molar-refractivity contribution in [2.45, 2.75) is 25.8 Å². The molecule has 2 rings (SSSR count). The first kappa shape index (κ1) is 16.1. The molecule has 1 N–H and O–H groups in total. The predicted octanol–water partition coefficient (Wildman–Crippen LogP) is 4.74. The van der Waals surface area contributed by atoms with Crippen LogP contribution in [0.25, 0.3) is 0 Å². The van der Waals surface area contributed by atoms with Gasteiger partial charge in [-0.3, -0.25) is 0 Å². The zero-order valence-electron chi connectivity index (χ0n) is 12.6. The van der Waals surface area contributed by atoms with Gasteiger partial charge in [0, 0.05) is 10.5 Å². The summed E-state index contributed by atoms with van der Waals surface area (Å²) in [6.45, 7) is 2.88. The van der Waals surface area contributed by atoms with Crippen molar-refractivity contribution in [1.29, 1.82) is 0 Å². The lowest BCUT2D eigenvalue weighted by molar-refractivity contribution is 0.317. The number of ether oxygens (including phenoxy) is 1. The van der Waals surface area contributed by atoms with Gasteiger partial charge in [-0.05, 0) is 49.2 Å². The van der Waals surface area contributed by atoms with Gasteiger partial charge in [0.25, 0.3) is 0 Å². The van der Waals surface area contributed by atoms with Crippen LogP contribution in [0.4, 0.5) is 0 Å². The minimum Gasteiger partial charge on any atom is -0.494 e. The Bertz CT molecular complexity index is 553. The van der Waals surface area contributed by atoms with E-state index in [-0.39, 0.29) is 0 Å². The largest absolute Gasteiger partial charge is 0.494 e. The molecule has 0 fully saturated rings. The molecule has 2 aromatic rings. The van der Waals surface area contributed by atoms with E-state index in [1.54, 1.807) is 0 Å². The SMILES string of the molecule is CCCOc1ccc(C(Cc2ccccc2Br)NC)cc1. The Morgan fingerprint density at radius 1 is 1.10 bits per heavy atom. The van der Waals surface area contributed by atoms with Crippen LogP contribution in [-0.4, -0.2) is 13.7 Å². The van der Waals surface area contributed by atoms with Crippen LogP contribution in [0.5, 0.6) is 5.75 Å². The third-order valence-electron chi connectivity index (χ3n) is 3.49. The molecule has 0 bridgehead atoms. The molecule has 0 aromatic heterocycles. The van der Waals surface area contributed by atoms with Crippen molar-refractivity contribution < 1.29 is 4.74 Å². The van der Waals surface area contributed by atoms with E-state index >= 15 is 0 Å². The van der Waals surface area contributed by atoms with Crippen LogP contribution < -0.4 is 10.1 Å². The highest BCUT2D eigenvalue weighted by Gasteiger charge is 2.11. The first-order valence-corrected chi connectivity index (χ1v) is 8.17. The minimum absolute atomic E-state index is 0.295.